The monoisotopic (exact) mass is 279 g/mol. The fraction of sp³-hybridized carbons (Fsp3) is 0. The molecule has 74 valence electrons. The Kier molecular flexibility index (Phi) is 2.11. The third kappa shape index (κ3) is 1.60. The van der Waals surface area contributed by atoms with Crippen LogP contribution in [0.15, 0.2) is 44.0 Å². The number of rotatable bonds is 1. The Morgan fingerprint density at radius 2 is 2.13 bits per heavy atom. The average Bonchev–Trinajstić information content (AvgIpc) is 2.82. The SMILES string of the molecule is Brc1nc(-c2cc3ccccc3o2)cs1. The maximum absolute atomic E-state index is 5.69. The van der Waals surface area contributed by atoms with Crippen LogP contribution in [0.2, 0.25) is 0 Å². The van der Waals surface area contributed by atoms with Gasteiger partial charge in [-0.05, 0) is 28.1 Å². The summed E-state index contributed by atoms with van der Waals surface area (Å²) in [5, 5.41) is 3.08. The molecule has 0 spiro atoms. The van der Waals surface area contributed by atoms with Gasteiger partial charge in [0.25, 0.3) is 0 Å². The molecule has 3 aromatic rings. The zero-order valence-electron chi connectivity index (χ0n) is 7.61. The molecule has 0 bridgehead atoms. The highest BCUT2D eigenvalue weighted by Crippen LogP contribution is 2.29. The molecule has 0 aliphatic carbocycles. The van der Waals surface area contributed by atoms with Crippen LogP contribution in [0, 0.1) is 0 Å². The van der Waals surface area contributed by atoms with Crippen LogP contribution in [0.1, 0.15) is 0 Å². The molecule has 15 heavy (non-hydrogen) atoms. The van der Waals surface area contributed by atoms with Crippen LogP contribution in [-0.4, -0.2) is 4.98 Å². The number of thiazole rings is 1. The zero-order valence-corrected chi connectivity index (χ0v) is 10.0. The van der Waals surface area contributed by atoms with Gasteiger partial charge in [0.1, 0.15) is 11.3 Å². The minimum Gasteiger partial charge on any atom is -0.454 e. The third-order valence-corrected chi connectivity index (χ3v) is 3.52. The molecule has 0 atom stereocenters. The first-order chi connectivity index (χ1) is 7.33. The van der Waals surface area contributed by atoms with Crippen LogP contribution >= 0.6 is 27.3 Å². The normalized spacial score (nSPS) is 11.0. The lowest BCUT2D eigenvalue weighted by Gasteiger charge is -1.86. The van der Waals surface area contributed by atoms with Crippen molar-refractivity contribution in [1.29, 1.82) is 0 Å². The van der Waals surface area contributed by atoms with E-state index in [4.69, 9.17) is 4.42 Å². The van der Waals surface area contributed by atoms with Gasteiger partial charge < -0.3 is 4.42 Å². The van der Waals surface area contributed by atoms with E-state index in [9.17, 15) is 0 Å². The van der Waals surface area contributed by atoms with Gasteiger partial charge in [-0.1, -0.05) is 18.2 Å². The molecule has 0 saturated carbocycles. The van der Waals surface area contributed by atoms with Crippen LogP contribution < -0.4 is 0 Å². The summed E-state index contributed by atoms with van der Waals surface area (Å²) in [4.78, 5) is 4.32. The standard InChI is InChI=1S/C11H6BrNOS/c12-11-13-8(6-15-11)10-5-7-3-1-2-4-9(7)14-10/h1-6H. The van der Waals surface area contributed by atoms with Crippen LogP contribution in [0.4, 0.5) is 0 Å². The lowest BCUT2D eigenvalue weighted by Crippen LogP contribution is -1.70. The topological polar surface area (TPSA) is 26.0 Å². The van der Waals surface area contributed by atoms with Crippen molar-refractivity contribution in [1.82, 2.24) is 4.98 Å². The second-order valence-electron chi connectivity index (χ2n) is 3.13. The number of para-hydroxylation sites is 1. The van der Waals surface area contributed by atoms with Crippen molar-refractivity contribution in [2.24, 2.45) is 0 Å². The maximum Gasteiger partial charge on any atom is 0.159 e. The molecule has 2 aromatic heterocycles. The second-order valence-corrected chi connectivity index (χ2v) is 5.27. The Hall–Kier alpha value is -1.13. The fourth-order valence-electron chi connectivity index (χ4n) is 1.47. The summed E-state index contributed by atoms with van der Waals surface area (Å²) in [6.45, 7) is 0. The maximum atomic E-state index is 5.69. The van der Waals surface area contributed by atoms with Crippen molar-refractivity contribution in [2.75, 3.05) is 0 Å². The molecule has 1 aromatic carbocycles. The van der Waals surface area contributed by atoms with E-state index in [2.05, 4.69) is 20.9 Å². The first kappa shape index (κ1) is 9.12. The van der Waals surface area contributed by atoms with E-state index in [-0.39, 0.29) is 0 Å². The van der Waals surface area contributed by atoms with Crippen molar-refractivity contribution in [3.05, 3.63) is 39.6 Å². The van der Waals surface area contributed by atoms with Crippen LogP contribution in [0.5, 0.6) is 0 Å². The molecule has 0 saturated heterocycles. The van der Waals surface area contributed by atoms with Gasteiger partial charge in [-0.15, -0.1) is 11.3 Å². The summed E-state index contributed by atoms with van der Waals surface area (Å²) in [5.41, 5.74) is 1.78. The predicted molar refractivity (Wildman–Crippen MR) is 65.0 cm³/mol. The van der Waals surface area contributed by atoms with Crippen molar-refractivity contribution in [3.63, 3.8) is 0 Å². The summed E-state index contributed by atoms with van der Waals surface area (Å²) in [6.07, 6.45) is 0. The predicted octanol–water partition coefficient (Wildman–Crippen LogP) is 4.32. The highest BCUT2D eigenvalue weighted by atomic mass is 79.9. The quantitative estimate of drug-likeness (QED) is 0.663. The minimum absolute atomic E-state index is 0.818. The first-order valence-corrected chi connectivity index (χ1v) is 6.10. The first-order valence-electron chi connectivity index (χ1n) is 4.43. The molecule has 0 amide bonds. The van der Waals surface area contributed by atoms with Gasteiger partial charge in [0.2, 0.25) is 0 Å². The van der Waals surface area contributed by atoms with Crippen molar-refractivity contribution in [2.45, 2.75) is 0 Å². The molecule has 0 aliphatic rings. The Bertz CT molecular complexity index is 581. The van der Waals surface area contributed by atoms with Gasteiger partial charge in [-0.25, -0.2) is 4.98 Å². The van der Waals surface area contributed by atoms with E-state index in [1.165, 1.54) is 0 Å². The Labute approximate surface area is 98.7 Å². The van der Waals surface area contributed by atoms with E-state index >= 15 is 0 Å². The summed E-state index contributed by atoms with van der Waals surface area (Å²) in [6, 6.07) is 9.96. The van der Waals surface area contributed by atoms with Gasteiger partial charge in [-0.3, -0.25) is 0 Å². The fourth-order valence-corrected chi connectivity index (χ4v) is 2.47. The number of halogens is 1. The van der Waals surface area contributed by atoms with Crippen molar-refractivity contribution in [3.8, 4) is 11.5 Å². The Balaban J connectivity index is 2.19. The third-order valence-electron chi connectivity index (χ3n) is 2.15. The van der Waals surface area contributed by atoms with Gasteiger partial charge in [0.15, 0.2) is 9.68 Å². The summed E-state index contributed by atoms with van der Waals surface area (Å²) in [5.74, 6) is 0.818. The van der Waals surface area contributed by atoms with E-state index in [0.29, 0.717) is 0 Å². The number of fused-ring (bicyclic) bond motifs is 1. The lowest BCUT2D eigenvalue weighted by atomic mass is 10.2. The van der Waals surface area contributed by atoms with E-state index in [1.54, 1.807) is 11.3 Å². The molecule has 2 heterocycles. The average molecular weight is 280 g/mol. The molecule has 2 nitrogen and oxygen atoms in total. The number of furan rings is 1. The molecule has 0 aliphatic heterocycles. The van der Waals surface area contributed by atoms with Crippen LogP contribution in [0.3, 0.4) is 0 Å². The number of hydrogen-bond acceptors (Lipinski definition) is 3. The highest BCUT2D eigenvalue weighted by molar-refractivity contribution is 9.11. The Morgan fingerprint density at radius 3 is 2.87 bits per heavy atom. The Morgan fingerprint density at radius 1 is 1.27 bits per heavy atom. The molecule has 0 radical (unpaired) electrons. The molecule has 0 unspecified atom stereocenters. The van der Waals surface area contributed by atoms with Crippen molar-refractivity contribution < 1.29 is 4.42 Å². The van der Waals surface area contributed by atoms with Gasteiger partial charge in [0, 0.05) is 10.8 Å². The molecule has 0 N–H and O–H groups in total. The largest absolute Gasteiger partial charge is 0.454 e. The highest BCUT2D eigenvalue weighted by Gasteiger charge is 2.08. The second kappa shape index (κ2) is 3.47. The lowest BCUT2D eigenvalue weighted by molar-refractivity contribution is 0.629. The van der Waals surface area contributed by atoms with Gasteiger partial charge in [0.05, 0.1) is 0 Å². The molecular formula is C11H6BrNOS. The molecule has 0 fully saturated rings. The molecular weight excluding hydrogens is 274 g/mol. The summed E-state index contributed by atoms with van der Waals surface area (Å²) in [7, 11) is 0. The van der Waals surface area contributed by atoms with E-state index < -0.39 is 0 Å². The van der Waals surface area contributed by atoms with E-state index in [1.807, 2.05) is 35.7 Å². The summed E-state index contributed by atoms with van der Waals surface area (Å²) < 4.78 is 6.56. The number of aromatic nitrogens is 1. The minimum atomic E-state index is 0.818. The number of nitrogens with zero attached hydrogens (tertiary/aromatic N) is 1. The number of benzene rings is 1. The summed E-state index contributed by atoms with van der Waals surface area (Å²) >= 11 is 4.89. The van der Waals surface area contributed by atoms with Crippen LogP contribution in [0.25, 0.3) is 22.4 Å². The van der Waals surface area contributed by atoms with Crippen molar-refractivity contribution >= 4 is 38.2 Å². The van der Waals surface area contributed by atoms with Gasteiger partial charge >= 0.3 is 0 Å². The smallest absolute Gasteiger partial charge is 0.159 e. The van der Waals surface area contributed by atoms with Gasteiger partial charge in [-0.2, -0.15) is 0 Å². The number of hydrogen-bond donors (Lipinski definition) is 0. The molecule has 4 heteroatoms. The zero-order chi connectivity index (χ0) is 10.3. The molecule has 3 rings (SSSR count). The van der Waals surface area contributed by atoms with Crippen LogP contribution in [-0.2, 0) is 0 Å². The van der Waals surface area contributed by atoms with E-state index in [0.717, 1.165) is 26.3 Å².